The molecule has 0 unspecified atom stereocenters. The molecule has 20 heavy (non-hydrogen) atoms. The lowest BCUT2D eigenvalue weighted by Gasteiger charge is -2.18. The van der Waals surface area contributed by atoms with Crippen LogP contribution in [0.25, 0.3) is 0 Å². The highest BCUT2D eigenvalue weighted by Gasteiger charge is 2.39. The van der Waals surface area contributed by atoms with Crippen molar-refractivity contribution in [3.63, 3.8) is 0 Å². The molecule has 6 heteroatoms. The van der Waals surface area contributed by atoms with Crippen LogP contribution in [0, 0.1) is 0 Å². The van der Waals surface area contributed by atoms with Crippen LogP contribution >= 0.6 is 0 Å². The van der Waals surface area contributed by atoms with Gasteiger partial charge in [-0.1, -0.05) is 0 Å². The quantitative estimate of drug-likeness (QED) is 0.709. The van der Waals surface area contributed by atoms with Gasteiger partial charge in [0, 0.05) is 19.8 Å². The maximum atomic E-state index is 11.3. The Labute approximate surface area is 119 Å². The molecule has 0 aliphatic carbocycles. The van der Waals surface area contributed by atoms with E-state index in [1.807, 2.05) is 0 Å². The van der Waals surface area contributed by atoms with Crippen molar-refractivity contribution in [3.8, 4) is 0 Å². The molecule has 0 saturated carbocycles. The van der Waals surface area contributed by atoms with Gasteiger partial charge in [0.25, 0.3) is 0 Å². The van der Waals surface area contributed by atoms with E-state index in [4.69, 9.17) is 14.2 Å². The lowest BCUT2D eigenvalue weighted by molar-refractivity contribution is -0.150. The first-order valence-corrected chi connectivity index (χ1v) is 7.10. The van der Waals surface area contributed by atoms with E-state index in [1.54, 1.807) is 13.8 Å². The van der Waals surface area contributed by atoms with Crippen LogP contribution < -0.4 is 0 Å². The molecule has 1 saturated heterocycles. The van der Waals surface area contributed by atoms with Crippen molar-refractivity contribution < 1.29 is 28.9 Å². The molecule has 6 nitrogen and oxygen atoms in total. The maximum absolute atomic E-state index is 11.3. The predicted molar refractivity (Wildman–Crippen MR) is 71.0 cm³/mol. The van der Waals surface area contributed by atoms with E-state index in [1.165, 1.54) is 6.92 Å². The topological polar surface area (TPSA) is 82.1 Å². The average Bonchev–Trinajstić information content (AvgIpc) is 2.72. The zero-order chi connectivity index (χ0) is 15.1. The number of aliphatic hydroxyl groups excluding tert-OH is 1. The minimum Gasteiger partial charge on any atom is -0.466 e. The third kappa shape index (κ3) is 5.46. The molecular formula is C14H24O6. The molecule has 1 aliphatic rings. The van der Waals surface area contributed by atoms with Gasteiger partial charge in [-0.25, -0.2) is 0 Å². The highest BCUT2D eigenvalue weighted by molar-refractivity contribution is 5.69. The second kappa shape index (κ2) is 8.21. The van der Waals surface area contributed by atoms with Gasteiger partial charge < -0.3 is 19.3 Å². The summed E-state index contributed by atoms with van der Waals surface area (Å²) in [5.41, 5.74) is 0. The first-order chi connectivity index (χ1) is 9.43. The molecule has 0 aromatic rings. The number of carbonyl (C=O) groups is 2. The molecule has 1 N–H and O–H groups in total. The summed E-state index contributed by atoms with van der Waals surface area (Å²) in [5.74, 6) is -0.596. The summed E-state index contributed by atoms with van der Waals surface area (Å²) >= 11 is 0. The van der Waals surface area contributed by atoms with E-state index < -0.39 is 6.10 Å². The van der Waals surface area contributed by atoms with E-state index in [-0.39, 0.29) is 30.3 Å². The maximum Gasteiger partial charge on any atom is 0.305 e. The zero-order valence-corrected chi connectivity index (χ0v) is 12.3. The van der Waals surface area contributed by atoms with E-state index in [0.29, 0.717) is 32.3 Å². The Bertz CT molecular complexity index is 328. The van der Waals surface area contributed by atoms with Crippen LogP contribution in [0.5, 0.6) is 0 Å². The molecule has 116 valence electrons. The molecular weight excluding hydrogens is 264 g/mol. The minimum atomic E-state index is -0.608. The van der Waals surface area contributed by atoms with Crippen LogP contribution in [0.3, 0.4) is 0 Å². The number of hydrogen-bond donors (Lipinski definition) is 1. The van der Waals surface area contributed by atoms with Gasteiger partial charge in [-0.3, -0.25) is 9.59 Å². The second-order valence-corrected chi connectivity index (χ2v) is 5.03. The van der Waals surface area contributed by atoms with E-state index in [2.05, 4.69) is 0 Å². The van der Waals surface area contributed by atoms with Crippen molar-refractivity contribution in [1.82, 2.24) is 0 Å². The van der Waals surface area contributed by atoms with Gasteiger partial charge in [-0.15, -0.1) is 0 Å². The predicted octanol–water partition coefficient (Wildman–Crippen LogP) is 1.19. The Hall–Kier alpha value is -1.14. The Kier molecular flexibility index (Phi) is 6.95. The molecule has 0 radical (unpaired) electrons. The molecule has 0 aromatic heterocycles. The summed E-state index contributed by atoms with van der Waals surface area (Å²) in [7, 11) is 0. The van der Waals surface area contributed by atoms with Crippen molar-refractivity contribution in [2.45, 2.75) is 70.9 Å². The summed E-state index contributed by atoms with van der Waals surface area (Å²) in [4.78, 5) is 22.3. The van der Waals surface area contributed by atoms with Crippen LogP contribution in [-0.2, 0) is 23.8 Å². The SMILES string of the molecule is CCOC(=O)CCC[C@H]1O[C@@H]([C@@H](C)O)C[C@H]1OC(C)=O. The molecule has 0 spiro atoms. The second-order valence-electron chi connectivity index (χ2n) is 5.03. The molecule has 1 rings (SSSR count). The van der Waals surface area contributed by atoms with E-state index in [0.717, 1.165) is 0 Å². The number of carbonyl (C=O) groups excluding carboxylic acids is 2. The van der Waals surface area contributed by atoms with Crippen LogP contribution in [0.1, 0.15) is 46.5 Å². The number of rotatable bonds is 7. The Morgan fingerprint density at radius 3 is 2.70 bits per heavy atom. The fourth-order valence-electron chi connectivity index (χ4n) is 2.33. The van der Waals surface area contributed by atoms with Crippen molar-refractivity contribution >= 4 is 11.9 Å². The van der Waals surface area contributed by atoms with Crippen LogP contribution in [-0.4, -0.2) is 48.1 Å². The molecule has 0 amide bonds. The van der Waals surface area contributed by atoms with Gasteiger partial charge in [-0.05, 0) is 26.7 Å². The van der Waals surface area contributed by atoms with Crippen LogP contribution in [0.2, 0.25) is 0 Å². The van der Waals surface area contributed by atoms with Gasteiger partial charge in [0.15, 0.2) is 0 Å². The minimum absolute atomic E-state index is 0.235. The Morgan fingerprint density at radius 2 is 2.15 bits per heavy atom. The summed E-state index contributed by atoms with van der Waals surface area (Å²) < 4.78 is 15.8. The van der Waals surface area contributed by atoms with Crippen molar-refractivity contribution in [1.29, 1.82) is 0 Å². The lowest BCUT2D eigenvalue weighted by Crippen LogP contribution is -2.26. The zero-order valence-electron chi connectivity index (χ0n) is 12.3. The first-order valence-electron chi connectivity index (χ1n) is 7.10. The number of esters is 2. The van der Waals surface area contributed by atoms with Gasteiger partial charge in [0.05, 0.1) is 24.9 Å². The highest BCUT2D eigenvalue weighted by Crippen LogP contribution is 2.28. The van der Waals surface area contributed by atoms with Crippen molar-refractivity contribution in [2.24, 2.45) is 0 Å². The summed E-state index contributed by atoms with van der Waals surface area (Å²) in [6.07, 6.45) is 0.451. The molecule has 0 bridgehead atoms. The van der Waals surface area contributed by atoms with Gasteiger partial charge in [-0.2, -0.15) is 0 Å². The molecule has 1 heterocycles. The summed E-state index contributed by atoms with van der Waals surface area (Å²) in [5, 5.41) is 9.57. The van der Waals surface area contributed by atoms with Gasteiger partial charge in [0.2, 0.25) is 0 Å². The van der Waals surface area contributed by atoms with Gasteiger partial charge in [0.1, 0.15) is 6.10 Å². The van der Waals surface area contributed by atoms with Crippen molar-refractivity contribution in [3.05, 3.63) is 0 Å². The Morgan fingerprint density at radius 1 is 1.45 bits per heavy atom. The van der Waals surface area contributed by atoms with E-state index in [9.17, 15) is 14.7 Å². The van der Waals surface area contributed by atoms with Crippen LogP contribution in [0.4, 0.5) is 0 Å². The number of hydrogen-bond acceptors (Lipinski definition) is 6. The third-order valence-corrected chi connectivity index (χ3v) is 3.26. The monoisotopic (exact) mass is 288 g/mol. The first kappa shape index (κ1) is 16.9. The Balaban J connectivity index is 2.43. The third-order valence-electron chi connectivity index (χ3n) is 3.26. The molecule has 1 aliphatic heterocycles. The largest absolute Gasteiger partial charge is 0.466 e. The fraction of sp³-hybridized carbons (Fsp3) is 0.857. The number of aliphatic hydroxyl groups is 1. The molecule has 1 fully saturated rings. The smallest absolute Gasteiger partial charge is 0.305 e. The lowest BCUT2D eigenvalue weighted by atomic mass is 10.0. The summed E-state index contributed by atoms with van der Waals surface area (Å²) in [6.45, 7) is 5.14. The standard InChI is InChI=1S/C14H24O6/c1-4-18-14(17)7-5-6-11-13(19-10(3)16)8-12(20-11)9(2)15/h9,11-13,15H,4-8H2,1-3H3/t9-,11-,12-,13-/m1/s1. The molecule has 4 atom stereocenters. The van der Waals surface area contributed by atoms with E-state index >= 15 is 0 Å². The fourth-order valence-corrected chi connectivity index (χ4v) is 2.33. The van der Waals surface area contributed by atoms with Crippen molar-refractivity contribution in [2.75, 3.05) is 6.61 Å². The molecule has 0 aromatic carbocycles. The normalized spacial score (nSPS) is 27.1. The van der Waals surface area contributed by atoms with Gasteiger partial charge >= 0.3 is 11.9 Å². The van der Waals surface area contributed by atoms with Crippen LogP contribution in [0.15, 0.2) is 0 Å². The summed E-state index contributed by atoms with van der Waals surface area (Å²) in [6, 6.07) is 0. The average molecular weight is 288 g/mol. The highest BCUT2D eigenvalue weighted by atomic mass is 16.6. The number of ether oxygens (including phenoxy) is 3.